The SMILES string of the molecule is CC1CC(N2CCOCC2)CN1C(=O)NCC(C)(C)c1cccnc1. The minimum Gasteiger partial charge on any atom is -0.379 e. The number of morpholine rings is 1. The van der Waals surface area contributed by atoms with Gasteiger partial charge in [0.1, 0.15) is 0 Å². The maximum absolute atomic E-state index is 12.7. The highest BCUT2D eigenvalue weighted by molar-refractivity contribution is 5.75. The lowest BCUT2D eigenvalue weighted by atomic mass is 9.86. The summed E-state index contributed by atoms with van der Waals surface area (Å²) in [6, 6.07) is 4.77. The van der Waals surface area contributed by atoms with Crippen molar-refractivity contribution in [3.8, 4) is 0 Å². The average molecular weight is 346 g/mol. The van der Waals surface area contributed by atoms with Gasteiger partial charge in [-0.2, -0.15) is 0 Å². The number of hydrogen-bond donors (Lipinski definition) is 1. The first kappa shape index (κ1) is 18.1. The number of hydrogen-bond acceptors (Lipinski definition) is 4. The van der Waals surface area contributed by atoms with Gasteiger partial charge in [0.05, 0.1) is 13.2 Å². The van der Waals surface area contributed by atoms with Gasteiger partial charge in [0, 0.05) is 56.1 Å². The molecule has 2 saturated heterocycles. The molecule has 1 N–H and O–H groups in total. The van der Waals surface area contributed by atoms with Gasteiger partial charge in [-0.3, -0.25) is 9.88 Å². The van der Waals surface area contributed by atoms with Crippen LogP contribution in [-0.2, 0) is 10.2 Å². The van der Waals surface area contributed by atoms with E-state index in [0.717, 1.165) is 44.8 Å². The molecule has 2 amide bonds. The highest BCUT2D eigenvalue weighted by atomic mass is 16.5. The van der Waals surface area contributed by atoms with Crippen LogP contribution in [0, 0.1) is 0 Å². The fourth-order valence-electron chi connectivity index (χ4n) is 3.76. The van der Waals surface area contributed by atoms with Gasteiger partial charge in [0.15, 0.2) is 0 Å². The van der Waals surface area contributed by atoms with Gasteiger partial charge >= 0.3 is 6.03 Å². The Morgan fingerprint density at radius 3 is 2.84 bits per heavy atom. The lowest BCUT2D eigenvalue weighted by molar-refractivity contribution is 0.0190. The topological polar surface area (TPSA) is 57.7 Å². The van der Waals surface area contributed by atoms with Crippen molar-refractivity contribution in [3.63, 3.8) is 0 Å². The molecule has 3 heterocycles. The van der Waals surface area contributed by atoms with Gasteiger partial charge in [-0.1, -0.05) is 19.9 Å². The Hall–Kier alpha value is -1.66. The maximum Gasteiger partial charge on any atom is 0.317 e. The molecule has 6 nitrogen and oxygen atoms in total. The second-order valence-electron chi connectivity index (χ2n) is 7.82. The molecule has 0 saturated carbocycles. The summed E-state index contributed by atoms with van der Waals surface area (Å²) in [4.78, 5) is 21.4. The molecule has 2 aliphatic heterocycles. The summed E-state index contributed by atoms with van der Waals surface area (Å²) in [5.41, 5.74) is 0.993. The minimum absolute atomic E-state index is 0.0419. The minimum atomic E-state index is -0.142. The highest BCUT2D eigenvalue weighted by Crippen LogP contribution is 2.24. The molecule has 3 rings (SSSR count). The predicted octanol–water partition coefficient (Wildman–Crippen LogP) is 1.86. The van der Waals surface area contributed by atoms with E-state index in [1.54, 1.807) is 6.20 Å². The summed E-state index contributed by atoms with van der Waals surface area (Å²) < 4.78 is 5.44. The van der Waals surface area contributed by atoms with Crippen molar-refractivity contribution in [2.45, 2.75) is 44.7 Å². The second kappa shape index (κ2) is 7.70. The molecular formula is C19H30N4O2. The van der Waals surface area contributed by atoms with Gasteiger partial charge in [-0.05, 0) is 25.0 Å². The van der Waals surface area contributed by atoms with Crippen molar-refractivity contribution in [2.24, 2.45) is 0 Å². The van der Waals surface area contributed by atoms with E-state index in [1.165, 1.54) is 0 Å². The lowest BCUT2D eigenvalue weighted by Gasteiger charge is -2.32. The zero-order chi connectivity index (χ0) is 17.9. The fraction of sp³-hybridized carbons (Fsp3) is 0.684. The van der Waals surface area contributed by atoms with Crippen LogP contribution in [0.25, 0.3) is 0 Å². The molecule has 6 heteroatoms. The first-order chi connectivity index (χ1) is 12.0. The molecule has 1 aromatic heterocycles. The third-order valence-corrected chi connectivity index (χ3v) is 5.50. The van der Waals surface area contributed by atoms with Crippen LogP contribution in [0.2, 0.25) is 0 Å². The molecule has 2 unspecified atom stereocenters. The van der Waals surface area contributed by atoms with E-state index in [0.29, 0.717) is 12.6 Å². The van der Waals surface area contributed by atoms with Crippen LogP contribution in [0.15, 0.2) is 24.5 Å². The van der Waals surface area contributed by atoms with Crippen LogP contribution in [0.1, 0.15) is 32.8 Å². The summed E-state index contributed by atoms with van der Waals surface area (Å²) in [6.07, 6.45) is 4.69. The molecule has 0 spiro atoms. The van der Waals surface area contributed by atoms with Crippen molar-refractivity contribution in [2.75, 3.05) is 39.4 Å². The number of carbonyl (C=O) groups excluding carboxylic acids is 1. The van der Waals surface area contributed by atoms with Gasteiger partial charge < -0.3 is 15.0 Å². The van der Waals surface area contributed by atoms with Crippen molar-refractivity contribution < 1.29 is 9.53 Å². The van der Waals surface area contributed by atoms with Crippen LogP contribution in [-0.4, -0.2) is 72.3 Å². The van der Waals surface area contributed by atoms with E-state index < -0.39 is 0 Å². The largest absolute Gasteiger partial charge is 0.379 e. The van der Waals surface area contributed by atoms with E-state index in [2.05, 4.69) is 42.0 Å². The summed E-state index contributed by atoms with van der Waals surface area (Å²) in [5, 5.41) is 3.13. The zero-order valence-electron chi connectivity index (χ0n) is 15.6. The third kappa shape index (κ3) is 4.30. The fourth-order valence-corrected chi connectivity index (χ4v) is 3.76. The Kier molecular flexibility index (Phi) is 5.59. The molecular weight excluding hydrogens is 316 g/mol. The normalized spacial score (nSPS) is 25.2. The van der Waals surface area contributed by atoms with Crippen molar-refractivity contribution in [1.82, 2.24) is 20.1 Å². The Morgan fingerprint density at radius 1 is 1.40 bits per heavy atom. The summed E-state index contributed by atoms with van der Waals surface area (Å²) in [5.74, 6) is 0. The first-order valence-electron chi connectivity index (χ1n) is 9.24. The van der Waals surface area contributed by atoms with Gasteiger partial charge in [0.25, 0.3) is 0 Å². The Bertz CT molecular complexity index is 572. The Morgan fingerprint density at radius 2 is 2.16 bits per heavy atom. The smallest absolute Gasteiger partial charge is 0.317 e. The molecule has 25 heavy (non-hydrogen) atoms. The van der Waals surface area contributed by atoms with Crippen LogP contribution in [0.3, 0.4) is 0 Å². The molecule has 138 valence electrons. The number of urea groups is 1. The van der Waals surface area contributed by atoms with E-state index in [4.69, 9.17) is 4.74 Å². The molecule has 2 atom stereocenters. The van der Waals surface area contributed by atoms with Crippen molar-refractivity contribution >= 4 is 6.03 Å². The summed E-state index contributed by atoms with van der Waals surface area (Å²) in [7, 11) is 0. The van der Waals surface area contributed by atoms with Crippen molar-refractivity contribution in [3.05, 3.63) is 30.1 Å². The van der Waals surface area contributed by atoms with Crippen LogP contribution in [0.4, 0.5) is 4.79 Å². The number of rotatable bonds is 4. The number of pyridine rings is 1. The molecule has 2 aliphatic rings. The predicted molar refractivity (Wildman–Crippen MR) is 97.6 cm³/mol. The number of aromatic nitrogens is 1. The molecule has 0 bridgehead atoms. The molecule has 2 fully saturated rings. The maximum atomic E-state index is 12.7. The number of nitrogens with zero attached hydrogens (tertiary/aromatic N) is 3. The van der Waals surface area contributed by atoms with E-state index in [9.17, 15) is 4.79 Å². The van der Waals surface area contributed by atoms with Gasteiger partial charge in [-0.25, -0.2) is 4.79 Å². The third-order valence-electron chi connectivity index (χ3n) is 5.50. The molecule has 0 radical (unpaired) electrons. The van der Waals surface area contributed by atoms with Crippen LogP contribution in [0.5, 0.6) is 0 Å². The average Bonchev–Trinajstić information content (AvgIpc) is 3.03. The van der Waals surface area contributed by atoms with E-state index in [-0.39, 0.29) is 17.5 Å². The summed E-state index contributed by atoms with van der Waals surface area (Å²) in [6.45, 7) is 11.4. The van der Waals surface area contributed by atoms with Crippen LogP contribution < -0.4 is 5.32 Å². The molecule has 1 aromatic rings. The number of ether oxygens (including phenoxy) is 1. The summed E-state index contributed by atoms with van der Waals surface area (Å²) >= 11 is 0. The Labute approximate surface area is 150 Å². The zero-order valence-corrected chi connectivity index (χ0v) is 15.6. The second-order valence-corrected chi connectivity index (χ2v) is 7.82. The first-order valence-corrected chi connectivity index (χ1v) is 9.24. The monoisotopic (exact) mass is 346 g/mol. The number of likely N-dealkylation sites (tertiary alicyclic amines) is 1. The van der Waals surface area contributed by atoms with Crippen LogP contribution >= 0.6 is 0 Å². The number of amides is 2. The Balaban J connectivity index is 1.54. The quantitative estimate of drug-likeness (QED) is 0.904. The molecule has 0 aliphatic carbocycles. The van der Waals surface area contributed by atoms with E-state index >= 15 is 0 Å². The lowest BCUT2D eigenvalue weighted by Crippen LogP contribution is -2.48. The van der Waals surface area contributed by atoms with Gasteiger partial charge in [0.2, 0.25) is 0 Å². The number of carbonyl (C=O) groups is 1. The van der Waals surface area contributed by atoms with E-state index in [1.807, 2.05) is 17.2 Å². The molecule has 0 aromatic carbocycles. The van der Waals surface area contributed by atoms with Crippen molar-refractivity contribution in [1.29, 1.82) is 0 Å². The highest BCUT2D eigenvalue weighted by Gasteiger charge is 2.36. The standard InChI is InChI=1S/C19H30N4O2/c1-15-11-17(22-7-9-25-10-8-22)13-23(15)18(24)21-14-19(2,3)16-5-4-6-20-12-16/h4-6,12,15,17H,7-11,13-14H2,1-3H3,(H,21,24). The van der Waals surface area contributed by atoms with Gasteiger partial charge in [-0.15, -0.1) is 0 Å². The number of nitrogens with one attached hydrogen (secondary N) is 1.